The van der Waals surface area contributed by atoms with Crippen molar-refractivity contribution < 1.29 is 4.79 Å². The maximum Gasteiger partial charge on any atom is 0.243 e. The van der Waals surface area contributed by atoms with Gasteiger partial charge in [-0.05, 0) is 65.9 Å². The molecule has 3 rings (SSSR count). The van der Waals surface area contributed by atoms with Gasteiger partial charge in [0.25, 0.3) is 0 Å². The molecule has 0 aromatic heterocycles. The summed E-state index contributed by atoms with van der Waals surface area (Å²) in [5, 5.41) is 3.03. The molecule has 160 valence electrons. The third-order valence-corrected chi connectivity index (χ3v) is 6.37. The van der Waals surface area contributed by atoms with E-state index in [4.69, 9.17) is 0 Å². The Morgan fingerprint density at radius 2 is 1.97 bits per heavy atom. The highest BCUT2D eigenvalue weighted by Crippen LogP contribution is 2.54. The minimum atomic E-state index is -0.0327. The zero-order chi connectivity index (χ0) is 21.7. The second kappa shape index (κ2) is 9.51. The average Bonchev–Trinajstić information content (AvgIpc) is 3.16. The monoisotopic (exact) mass is 404 g/mol. The van der Waals surface area contributed by atoms with Crippen LogP contribution in [0.5, 0.6) is 0 Å². The molecule has 2 fully saturated rings. The normalized spacial score (nSPS) is 23.8. The van der Waals surface area contributed by atoms with E-state index in [0.717, 1.165) is 49.4 Å². The molecule has 3 heteroatoms. The van der Waals surface area contributed by atoms with E-state index in [1.165, 1.54) is 11.3 Å². The van der Waals surface area contributed by atoms with Gasteiger partial charge in [0.05, 0.1) is 0 Å². The predicted molar refractivity (Wildman–Crippen MR) is 128 cm³/mol. The van der Waals surface area contributed by atoms with Crippen molar-refractivity contribution in [2.24, 2.45) is 17.8 Å². The van der Waals surface area contributed by atoms with Crippen molar-refractivity contribution in [3.63, 3.8) is 0 Å². The van der Waals surface area contributed by atoms with Gasteiger partial charge in [-0.1, -0.05) is 63.8 Å². The Bertz CT molecular complexity index is 844. The molecule has 1 unspecified atom stereocenters. The van der Waals surface area contributed by atoms with E-state index >= 15 is 0 Å². The summed E-state index contributed by atoms with van der Waals surface area (Å²) in [6.45, 7) is 15.6. The fourth-order valence-electron chi connectivity index (χ4n) is 4.45. The summed E-state index contributed by atoms with van der Waals surface area (Å²) >= 11 is 0. The quantitative estimate of drug-likeness (QED) is 0.464. The van der Waals surface area contributed by atoms with E-state index in [2.05, 4.69) is 61.8 Å². The van der Waals surface area contributed by atoms with Crippen molar-refractivity contribution in [2.45, 2.75) is 39.5 Å². The number of rotatable bonds is 8. The molecule has 0 radical (unpaired) electrons. The van der Waals surface area contributed by atoms with Crippen LogP contribution in [0.2, 0.25) is 0 Å². The van der Waals surface area contributed by atoms with Gasteiger partial charge in [-0.25, -0.2) is 0 Å². The van der Waals surface area contributed by atoms with Crippen LogP contribution < -0.4 is 10.2 Å². The molecule has 1 aromatic carbocycles. The summed E-state index contributed by atoms with van der Waals surface area (Å²) in [6.07, 6.45) is 12.0. The summed E-state index contributed by atoms with van der Waals surface area (Å²) in [5.74, 6) is 2.29. The van der Waals surface area contributed by atoms with Crippen molar-refractivity contribution in [3.05, 3.63) is 78.4 Å². The number of nitrogens with one attached hydrogen (secondary N) is 1. The van der Waals surface area contributed by atoms with Crippen LogP contribution in [0.25, 0.3) is 0 Å². The molecular formula is C27H36N2O. The predicted octanol–water partition coefficient (Wildman–Crippen LogP) is 5.42. The van der Waals surface area contributed by atoms with Crippen LogP contribution in [-0.2, 0) is 10.2 Å². The molecule has 1 heterocycles. The lowest BCUT2D eigenvalue weighted by molar-refractivity contribution is -0.116. The molecule has 1 aromatic rings. The first-order valence-corrected chi connectivity index (χ1v) is 11.1. The minimum absolute atomic E-state index is 0.0327. The third-order valence-electron chi connectivity index (χ3n) is 6.37. The van der Waals surface area contributed by atoms with E-state index in [9.17, 15) is 4.79 Å². The Hall–Kier alpha value is -2.55. The van der Waals surface area contributed by atoms with Crippen molar-refractivity contribution >= 4 is 11.6 Å². The number of nitrogens with zero attached hydrogens (tertiary/aromatic N) is 1. The Kier molecular flexibility index (Phi) is 7.02. The summed E-state index contributed by atoms with van der Waals surface area (Å²) in [7, 11) is 0. The van der Waals surface area contributed by atoms with Crippen LogP contribution in [0.15, 0.2) is 72.9 Å². The van der Waals surface area contributed by atoms with Crippen LogP contribution >= 0.6 is 0 Å². The number of hydrogen-bond donors (Lipinski definition) is 1. The number of benzene rings is 1. The summed E-state index contributed by atoms with van der Waals surface area (Å²) in [6, 6.07) is 9.01. The molecule has 30 heavy (non-hydrogen) atoms. The van der Waals surface area contributed by atoms with E-state index in [-0.39, 0.29) is 11.3 Å². The third kappa shape index (κ3) is 5.53. The summed E-state index contributed by atoms with van der Waals surface area (Å²) in [5.41, 5.74) is 3.86. The fraction of sp³-hybridized carbons (Fsp3) is 0.444. The lowest BCUT2D eigenvalue weighted by Gasteiger charge is -2.25. The summed E-state index contributed by atoms with van der Waals surface area (Å²) < 4.78 is 0. The molecule has 2 aliphatic rings. The number of amides is 1. The number of hydrogen-bond acceptors (Lipinski definition) is 2. The van der Waals surface area contributed by atoms with Crippen LogP contribution in [0.1, 0.15) is 39.7 Å². The molecule has 3 atom stereocenters. The van der Waals surface area contributed by atoms with E-state index in [1.54, 1.807) is 18.2 Å². The maximum absolute atomic E-state index is 12.0. The largest absolute Gasteiger partial charge is 0.371 e. The first kappa shape index (κ1) is 22.1. The van der Waals surface area contributed by atoms with Gasteiger partial charge in [0, 0.05) is 31.4 Å². The smallest absolute Gasteiger partial charge is 0.243 e. The lowest BCUT2D eigenvalue weighted by atomic mass is 9.87. The molecule has 1 N–H and O–H groups in total. The first-order valence-electron chi connectivity index (χ1n) is 11.1. The molecule has 0 spiro atoms. The molecule has 3 nitrogen and oxygen atoms in total. The van der Waals surface area contributed by atoms with Gasteiger partial charge in [0.1, 0.15) is 0 Å². The zero-order valence-electron chi connectivity index (χ0n) is 18.9. The molecule has 1 aliphatic heterocycles. The number of fused-ring (bicyclic) bond motifs is 1. The van der Waals surface area contributed by atoms with Crippen molar-refractivity contribution in [3.8, 4) is 0 Å². The highest BCUT2D eigenvalue weighted by Gasteiger charge is 2.54. The lowest BCUT2D eigenvalue weighted by Crippen LogP contribution is -2.27. The highest BCUT2D eigenvalue weighted by atomic mass is 16.1. The number of anilines is 1. The standard InChI is InChI=1S/C27H36N2O/c1-6-8-10-20(7-2)13-14-26(30)28-16-15-23-24-18-29(19-25(23)24)22-12-9-11-21(17-22)27(3,4)5/h6-14,17,23-25H,2,15-16,18-19H2,1,3-5H3,(H,28,30)/b8-6-,14-13+,20-10+/t23?,24-,25+. The first-order chi connectivity index (χ1) is 14.3. The number of piperidine rings is 1. The summed E-state index contributed by atoms with van der Waals surface area (Å²) in [4.78, 5) is 14.6. The van der Waals surface area contributed by atoms with Crippen molar-refractivity contribution in [1.82, 2.24) is 5.32 Å². The van der Waals surface area contributed by atoms with Crippen LogP contribution in [-0.4, -0.2) is 25.5 Å². The van der Waals surface area contributed by atoms with Gasteiger partial charge in [-0.2, -0.15) is 0 Å². The van der Waals surface area contributed by atoms with Gasteiger partial charge in [0.2, 0.25) is 5.91 Å². The van der Waals surface area contributed by atoms with E-state index < -0.39 is 0 Å². The van der Waals surface area contributed by atoms with E-state index in [1.807, 2.05) is 25.2 Å². The van der Waals surface area contributed by atoms with Crippen LogP contribution in [0.3, 0.4) is 0 Å². The minimum Gasteiger partial charge on any atom is -0.371 e. The maximum atomic E-state index is 12.0. The number of carbonyl (C=O) groups is 1. The Labute approximate surface area is 182 Å². The molecule has 1 amide bonds. The van der Waals surface area contributed by atoms with E-state index in [0.29, 0.717) is 0 Å². The zero-order valence-corrected chi connectivity index (χ0v) is 18.9. The van der Waals surface area contributed by atoms with Crippen LogP contribution in [0, 0.1) is 17.8 Å². The molecule has 1 saturated carbocycles. The van der Waals surface area contributed by atoms with Gasteiger partial charge in [-0.3, -0.25) is 4.79 Å². The second-order valence-corrected chi connectivity index (χ2v) is 9.51. The topological polar surface area (TPSA) is 32.3 Å². The Balaban J connectivity index is 1.41. The highest BCUT2D eigenvalue weighted by molar-refractivity contribution is 5.88. The van der Waals surface area contributed by atoms with Gasteiger partial charge in [0.15, 0.2) is 0 Å². The average molecular weight is 405 g/mol. The molecule has 0 bridgehead atoms. The SMILES string of the molecule is C=CC(/C=C/C(=O)NCCC1[C@H]2CN(c3cccc(C(C)(C)C)c3)C[C@@H]12)=C\C=C/C. The van der Waals surface area contributed by atoms with Gasteiger partial charge >= 0.3 is 0 Å². The molecule has 1 saturated heterocycles. The van der Waals surface area contributed by atoms with Crippen molar-refractivity contribution in [1.29, 1.82) is 0 Å². The second-order valence-electron chi connectivity index (χ2n) is 9.51. The molecular weight excluding hydrogens is 368 g/mol. The molecule has 1 aliphatic carbocycles. The van der Waals surface area contributed by atoms with Gasteiger partial charge < -0.3 is 10.2 Å². The van der Waals surface area contributed by atoms with Crippen LogP contribution in [0.4, 0.5) is 5.69 Å². The van der Waals surface area contributed by atoms with Crippen molar-refractivity contribution in [2.75, 3.05) is 24.5 Å². The number of allylic oxidation sites excluding steroid dienone is 6. The Morgan fingerprint density at radius 3 is 2.60 bits per heavy atom. The fourth-order valence-corrected chi connectivity index (χ4v) is 4.45. The van der Waals surface area contributed by atoms with Gasteiger partial charge in [-0.15, -0.1) is 0 Å². The Morgan fingerprint density at radius 1 is 1.23 bits per heavy atom. The number of carbonyl (C=O) groups excluding carboxylic acids is 1.